The predicted molar refractivity (Wildman–Crippen MR) is 313 cm³/mol. The van der Waals surface area contributed by atoms with Crippen molar-refractivity contribution in [1.29, 1.82) is 0 Å². The molecule has 2 fully saturated rings. The molecule has 2 rings (SSSR count). The van der Waals surface area contributed by atoms with Gasteiger partial charge >= 0.3 is 0 Å². The fourth-order valence-corrected chi connectivity index (χ4v) is 9.95. The number of allylic oxidation sites excluding steroid dienone is 12. The Morgan fingerprint density at radius 2 is 0.885 bits per heavy atom. The number of hydrogen-bond acceptors (Lipinski definition) is 13. The maximum atomic E-state index is 13.3. The minimum Gasteiger partial charge on any atom is -0.394 e. The zero-order chi connectivity index (χ0) is 56.7. The average molecular weight is 1100 g/mol. The van der Waals surface area contributed by atoms with Gasteiger partial charge in [0.05, 0.1) is 32.0 Å². The van der Waals surface area contributed by atoms with Crippen molar-refractivity contribution in [3.8, 4) is 0 Å². The molecule has 0 saturated carbocycles. The predicted octanol–water partition coefficient (Wildman–Crippen LogP) is 11.1. The lowest BCUT2D eigenvalue weighted by molar-refractivity contribution is -0.359. The van der Waals surface area contributed by atoms with E-state index in [1.54, 1.807) is 0 Å². The summed E-state index contributed by atoms with van der Waals surface area (Å²) in [5, 5.41) is 87.3. The third-order valence-electron chi connectivity index (χ3n) is 14.9. The highest BCUT2D eigenvalue weighted by molar-refractivity contribution is 5.76. The number of aliphatic hydroxyl groups is 8. The first-order valence-corrected chi connectivity index (χ1v) is 31.2. The van der Waals surface area contributed by atoms with Gasteiger partial charge in [0, 0.05) is 6.42 Å². The number of hydrogen-bond donors (Lipinski definition) is 9. The summed E-state index contributed by atoms with van der Waals surface area (Å²) in [6.07, 6.45) is 47.5. The van der Waals surface area contributed by atoms with Crippen LogP contribution in [0, 0.1) is 0 Å². The van der Waals surface area contributed by atoms with Crippen LogP contribution in [-0.2, 0) is 23.7 Å². The summed E-state index contributed by atoms with van der Waals surface area (Å²) >= 11 is 0. The minimum absolute atomic E-state index is 0.213. The Morgan fingerprint density at radius 3 is 1.36 bits per heavy atom. The first-order chi connectivity index (χ1) is 38.1. The molecular formula is C64H113NO13. The second-order valence-corrected chi connectivity index (χ2v) is 21.8. The van der Waals surface area contributed by atoms with E-state index in [0.29, 0.717) is 19.3 Å². The maximum absolute atomic E-state index is 13.3. The molecule has 78 heavy (non-hydrogen) atoms. The second-order valence-electron chi connectivity index (χ2n) is 21.8. The number of aliphatic hydroxyl groups excluding tert-OH is 8. The SMILES string of the molecule is CC/C=C\C/C=C\C/C=C\C/C=C\C/C=C\C/C=C\CCCCCCCCCCCCC(=O)NC(COC1OC(CO)C(OC2OC(CO)C(O)C(O)C2O)C(O)C1O)C(O)CCCCCCCCCCCCCCCCC. The first-order valence-electron chi connectivity index (χ1n) is 31.2. The molecule has 0 aromatic carbocycles. The van der Waals surface area contributed by atoms with Crippen LogP contribution >= 0.6 is 0 Å². The fourth-order valence-electron chi connectivity index (χ4n) is 9.95. The van der Waals surface area contributed by atoms with E-state index in [1.165, 1.54) is 109 Å². The Bertz CT molecular complexity index is 1580. The molecule has 0 aliphatic carbocycles. The number of unbranched alkanes of at least 4 members (excludes halogenated alkanes) is 24. The van der Waals surface area contributed by atoms with Crippen molar-refractivity contribution in [1.82, 2.24) is 5.32 Å². The number of nitrogens with one attached hydrogen (secondary N) is 1. The summed E-state index contributed by atoms with van der Waals surface area (Å²) in [4.78, 5) is 13.3. The molecule has 0 spiro atoms. The zero-order valence-electron chi connectivity index (χ0n) is 48.6. The summed E-state index contributed by atoms with van der Waals surface area (Å²) in [7, 11) is 0. The van der Waals surface area contributed by atoms with Crippen LogP contribution in [0.15, 0.2) is 72.9 Å². The van der Waals surface area contributed by atoms with E-state index in [4.69, 9.17) is 18.9 Å². The topological polar surface area (TPSA) is 228 Å². The van der Waals surface area contributed by atoms with Gasteiger partial charge in [-0.25, -0.2) is 0 Å². The van der Waals surface area contributed by atoms with E-state index in [2.05, 4.69) is 92.1 Å². The van der Waals surface area contributed by atoms with Crippen LogP contribution in [0.2, 0.25) is 0 Å². The van der Waals surface area contributed by atoms with E-state index >= 15 is 0 Å². The highest BCUT2D eigenvalue weighted by Crippen LogP contribution is 2.30. The van der Waals surface area contributed by atoms with Gasteiger partial charge in [0.25, 0.3) is 0 Å². The zero-order valence-corrected chi connectivity index (χ0v) is 48.6. The van der Waals surface area contributed by atoms with Gasteiger partial charge in [0.2, 0.25) is 5.91 Å². The number of carbonyl (C=O) groups excluding carboxylic acids is 1. The standard InChI is InChI=1S/C64H113NO13/c1-3-5-7-9-11-13-15-17-19-20-21-22-23-24-25-26-27-28-29-30-31-32-34-36-38-40-42-44-46-48-56(69)65-52(53(68)47-45-43-41-39-37-35-33-18-16-14-12-10-8-6-4-2)51-75-63-61(74)59(72)62(55(50-67)77-63)78-64-60(73)58(71)57(70)54(49-66)76-64/h5,7,11,13,17,19,21-22,24-25,27-28,52-55,57-64,66-68,70-74H,3-4,6,8-10,12,14-16,18,20,23,26,29-51H2,1-2H3,(H,65,69)/b7-5-,13-11-,19-17-,22-21-,25-24-,28-27-. The van der Waals surface area contributed by atoms with Gasteiger partial charge in [0.15, 0.2) is 12.6 Å². The van der Waals surface area contributed by atoms with Crippen molar-refractivity contribution < 1.29 is 64.6 Å². The molecule has 2 aliphatic rings. The highest BCUT2D eigenvalue weighted by Gasteiger charge is 2.51. The highest BCUT2D eigenvalue weighted by atomic mass is 16.7. The Morgan fingerprint density at radius 1 is 0.474 bits per heavy atom. The maximum Gasteiger partial charge on any atom is 0.220 e. The van der Waals surface area contributed by atoms with Crippen molar-refractivity contribution in [2.75, 3.05) is 19.8 Å². The van der Waals surface area contributed by atoms with E-state index in [-0.39, 0.29) is 12.5 Å². The number of rotatable bonds is 49. The Labute approximate surface area is 472 Å². The summed E-state index contributed by atoms with van der Waals surface area (Å²) in [6, 6.07) is -0.835. The molecule has 0 bridgehead atoms. The molecule has 2 aliphatic heterocycles. The smallest absolute Gasteiger partial charge is 0.220 e. The van der Waals surface area contributed by atoms with Gasteiger partial charge in [-0.15, -0.1) is 0 Å². The van der Waals surface area contributed by atoms with Gasteiger partial charge in [0.1, 0.15) is 48.8 Å². The van der Waals surface area contributed by atoms with Crippen molar-refractivity contribution in [3.05, 3.63) is 72.9 Å². The molecule has 14 nitrogen and oxygen atoms in total. The molecule has 0 aromatic rings. The van der Waals surface area contributed by atoms with Gasteiger partial charge in [-0.05, 0) is 64.2 Å². The third kappa shape index (κ3) is 34.0. The van der Waals surface area contributed by atoms with Crippen LogP contribution in [0.4, 0.5) is 0 Å². The van der Waals surface area contributed by atoms with Crippen LogP contribution in [0.25, 0.3) is 0 Å². The fraction of sp³-hybridized carbons (Fsp3) is 0.797. The Balaban J connectivity index is 1.70. The van der Waals surface area contributed by atoms with Gasteiger partial charge < -0.3 is 65.1 Å². The first kappa shape index (κ1) is 71.5. The number of amides is 1. The summed E-state index contributed by atoms with van der Waals surface area (Å²) in [5.41, 5.74) is 0. The normalized spacial score (nSPS) is 25.1. The summed E-state index contributed by atoms with van der Waals surface area (Å²) < 4.78 is 22.8. The van der Waals surface area contributed by atoms with Gasteiger partial charge in [-0.3, -0.25) is 4.79 Å². The number of ether oxygens (including phenoxy) is 4. The molecule has 2 heterocycles. The van der Waals surface area contributed by atoms with E-state index < -0.39 is 86.8 Å². The third-order valence-corrected chi connectivity index (χ3v) is 14.9. The van der Waals surface area contributed by atoms with Crippen molar-refractivity contribution in [2.45, 2.75) is 306 Å². The van der Waals surface area contributed by atoms with Crippen LogP contribution in [0.1, 0.15) is 232 Å². The molecule has 452 valence electrons. The van der Waals surface area contributed by atoms with Crippen LogP contribution in [0.3, 0.4) is 0 Å². The monoisotopic (exact) mass is 1100 g/mol. The molecule has 12 unspecified atom stereocenters. The van der Waals surface area contributed by atoms with Crippen molar-refractivity contribution >= 4 is 5.91 Å². The molecule has 9 N–H and O–H groups in total. The Kier molecular flexibility index (Phi) is 45.0. The molecule has 14 heteroatoms. The van der Waals surface area contributed by atoms with Gasteiger partial charge in [-0.1, -0.05) is 234 Å². The summed E-state index contributed by atoms with van der Waals surface area (Å²) in [5.74, 6) is -0.213. The molecule has 2 saturated heterocycles. The summed E-state index contributed by atoms with van der Waals surface area (Å²) in [6.45, 7) is 2.75. The lowest BCUT2D eigenvalue weighted by Gasteiger charge is -2.46. The lowest BCUT2D eigenvalue weighted by atomic mass is 9.97. The van der Waals surface area contributed by atoms with Crippen molar-refractivity contribution in [2.24, 2.45) is 0 Å². The van der Waals surface area contributed by atoms with Crippen LogP contribution in [0.5, 0.6) is 0 Å². The minimum atomic E-state index is -1.79. The van der Waals surface area contributed by atoms with E-state index in [1.807, 2.05) is 0 Å². The quantitative estimate of drug-likeness (QED) is 0.0204. The van der Waals surface area contributed by atoms with Crippen molar-refractivity contribution in [3.63, 3.8) is 0 Å². The second kappa shape index (κ2) is 49.1. The van der Waals surface area contributed by atoms with Gasteiger partial charge in [-0.2, -0.15) is 0 Å². The van der Waals surface area contributed by atoms with E-state index in [9.17, 15) is 45.6 Å². The molecule has 1 amide bonds. The lowest BCUT2D eigenvalue weighted by Crippen LogP contribution is -2.65. The van der Waals surface area contributed by atoms with Crippen LogP contribution < -0.4 is 5.32 Å². The van der Waals surface area contributed by atoms with E-state index in [0.717, 1.165) is 89.9 Å². The number of carbonyl (C=O) groups is 1. The molecule has 0 radical (unpaired) electrons. The largest absolute Gasteiger partial charge is 0.394 e. The molecular weight excluding hydrogens is 991 g/mol. The average Bonchev–Trinajstić information content (AvgIpc) is 3.47. The molecule has 0 aromatic heterocycles. The molecule has 12 atom stereocenters. The Hall–Kier alpha value is -2.57. The van der Waals surface area contributed by atoms with Crippen LogP contribution in [-0.4, -0.2) is 140 Å².